The van der Waals surface area contributed by atoms with Crippen LogP contribution >= 0.6 is 0 Å². The summed E-state index contributed by atoms with van der Waals surface area (Å²) in [5.41, 5.74) is -1.39. The minimum atomic E-state index is -4.88. The molecule has 1 heterocycles. The Balaban J connectivity index is 2.33. The van der Waals surface area contributed by atoms with Gasteiger partial charge in [-0.05, 0) is 43.3 Å². The SMILES string of the molecule is CCOC(=O)c1nn(-c2ccc(OC(F)(F)F)cc2)c2cccc(S(=O)(=O)CC)c2c1=O. The van der Waals surface area contributed by atoms with Gasteiger partial charge in [-0.2, -0.15) is 5.10 Å². The maximum atomic E-state index is 13.0. The van der Waals surface area contributed by atoms with Crippen molar-refractivity contribution in [1.82, 2.24) is 9.78 Å². The first-order valence-electron chi connectivity index (χ1n) is 9.30. The average molecular weight is 470 g/mol. The topological polar surface area (TPSA) is 105 Å². The van der Waals surface area contributed by atoms with Crippen molar-refractivity contribution in [3.63, 3.8) is 0 Å². The van der Waals surface area contributed by atoms with Crippen molar-refractivity contribution in [2.75, 3.05) is 12.4 Å². The second-order valence-electron chi connectivity index (χ2n) is 6.41. The Hall–Kier alpha value is -3.41. The molecular formula is C20H17F3N2O6S. The summed E-state index contributed by atoms with van der Waals surface area (Å²) in [6, 6.07) is 8.52. The molecule has 3 aromatic rings. The number of sulfone groups is 1. The number of benzene rings is 2. The molecule has 0 N–H and O–H groups in total. The van der Waals surface area contributed by atoms with Gasteiger partial charge < -0.3 is 9.47 Å². The van der Waals surface area contributed by atoms with Crippen molar-refractivity contribution < 1.29 is 35.9 Å². The smallest absolute Gasteiger partial charge is 0.461 e. The maximum absolute atomic E-state index is 13.0. The lowest BCUT2D eigenvalue weighted by molar-refractivity contribution is -0.274. The van der Waals surface area contributed by atoms with Crippen molar-refractivity contribution in [3.05, 3.63) is 58.4 Å². The molecule has 0 aliphatic heterocycles. The van der Waals surface area contributed by atoms with Crippen LogP contribution in [0.5, 0.6) is 5.75 Å². The van der Waals surface area contributed by atoms with E-state index in [0.717, 1.165) is 16.8 Å². The molecule has 0 aliphatic carbocycles. The van der Waals surface area contributed by atoms with E-state index in [1.165, 1.54) is 44.2 Å². The van der Waals surface area contributed by atoms with Crippen LogP contribution in [0.4, 0.5) is 13.2 Å². The third kappa shape index (κ3) is 4.59. The predicted molar refractivity (Wildman–Crippen MR) is 108 cm³/mol. The number of fused-ring (bicyclic) bond motifs is 1. The molecule has 0 amide bonds. The standard InChI is InChI=1S/C20H17F3N2O6S/c1-3-30-19(27)17-18(26)16-14(6-5-7-15(16)32(28,29)4-2)25(24-17)12-8-10-13(11-9-12)31-20(21,22)23/h5-11H,3-4H2,1-2H3. The highest BCUT2D eigenvalue weighted by Gasteiger charge is 2.31. The van der Waals surface area contributed by atoms with Crippen LogP contribution in [0.3, 0.4) is 0 Å². The van der Waals surface area contributed by atoms with E-state index in [9.17, 15) is 31.2 Å². The number of ether oxygens (including phenoxy) is 2. The van der Waals surface area contributed by atoms with Crippen LogP contribution in [0, 0.1) is 0 Å². The number of alkyl halides is 3. The summed E-state index contributed by atoms with van der Waals surface area (Å²) in [6.45, 7) is 2.86. The third-order valence-corrected chi connectivity index (χ3v) is 6.14. The molecule has 12 heteroatoms. The van der Waals surface area contributed by atoms with Crippen LogP contribution in [0.25, 0.3) is 16.6 Å². The number of esters is 1. The minimum absolute atomic E-state index is 0.0436. The number of nitrogens with zero attached hydrogens (tertiary/aromatic N) is 2. The summed E-state index contributed by atoms with van der Waals surface area (Å²) in [5.74, 6) is -1.85. The first-order chi connectivity index (χ1) is 15.0. The number of rotatable bonds is 6. The molecular weight excluding hydrogens is 453 g/mol. The number of hydrogen-bond donors (Lipinski definition) is 0. The molecule has 170 valence electrons. The Kier molecular flexibility index (Phi) is 6.26. The van der Waals surface area contributed by atoms with E-state index in [-0.39, 0.29) is 33.8 Å². The van der Waals surface area contributed by atoms with Crippen molar-refractivity contribution in [2.24, 2.45) is 0 Å². The number of carbonyl (C=O) groups excluding carboxylic acids is 1. The molecule has 0 aliphatic rings. The fraction of sp³-hybridized carbons (Fsp3) is 0.250. The van der Waals surface area contributed by atoms with Gasteiger partial charge in [0.2, 0.25) is 11.1 Å². The normalized spacial score (nSPS) is 12.0. The Labute approximate surface area is 180 Å². The lowest BCUT2D eigenvalue weighted by Crippen LogP contribution is -2.25. The van der Waals surface area contributed by atoms with Gasteiger partial charge in [0.25, 0.3) is 0 Å². The van der Waals surface area contributed by atoms with Crippen LogP contribution in [0.1, 0.15) is 24.3 Å². The fourth-order valence-corrected chi connectivity index (χ4v) is 4.08. The van der Waals surface area contributed by atoms with E-state index in [0.29, 0.717) is 0 Å². The van der Waals surface area contributed by atoms with Gasteiger partial charge in [-0.25, -0.2) is 17.9 Å². The van der Waals surface area contributed by atoms with Gasteiger partial charge in [-0.15, -0.1) is 13.2 Å². The number of halogens is 3. The second-order valence-corrected chi connectivity index (χ2v) is 8.65. The Bertz CT molecular complexity index is 1330. The van der Waals surface area contributed by atoms with Crippen LogP contribution in [0.2, 0.25) is 0 Å². The van der Waals surface area contributed by atoms with Crippen LogP contribution in [0.15, 0.2) is 52.2 Å². The summed E-state index contributed by atoms with van der Waals surface area (Å²) in [7, 11) is -3.87. The highest BCUT2D eigenvalue weighted by atomic mass is 32.2. The van der Waals surface area contributed by atoms with Gasteiger partial charge >= 0.3 is 12.3 Å². The molecule has 0 saturated carbocycles. The van der Waals surface area contributed by atoms with Crippen molar-refractivity contribution in [3.8, 4) is 11.4 Å². The Morgan fingerprint density at radius 1 is 1.09 bits per heavy atom. The summed E-state index contributed by atoms with van der Waals surface area (Å²) >= 11 is 0. The number of aromatic nitrogens is 2. The van der Waals surface area contributed by atoms with Crippen LogP contribution < -0.4 is 10.2 Å². The number of carbonyl (C=O) groups is 1. The molecule has 8 nitrogen and oxygen atoms in total. The zero-order chi connectivity index (χ0) is 23.7. The molecule has 2 aromatic carbocycles. The van der Waals surface area contributed by atoms with Crippen LogP contribution in [-0.4, -0.2) is 42.9 Å². The summed E-state index contributed by atoms with van der Waals surface area (Å²) in [5, 5.41) is 3.74. The van der Waals surface area contributed by atoms with Gasteiger partial charge in [0.05, 0.1) is 33.8 Å². The largest absolute Gasteiger partial charge is 0.573 e. The average Bonchev–Trinajstić information content (AvgIpc) is 2.73. The lowest BCUT2D eigenvalue weighted by Gasteiger charge is -2.15. The highest BCUT2D eigenvalue weighted by molar-refractivity contribution is 7.91. The molecule has 1 aromatic heterocycles. The molecule has 3 rings (SSSR count). The second kappa shape index (κ2) is 8.61. The quantitative estimate of drug-likeness (QED) is 0.510. The van der Waals surface area contributed by atoms with E-state index < -0.39 is 39.0 Å². The van der Waals surface area contributed by atoms with E-state index in [2.05, 4.69) is 9.84 Å². The monoisotopic (exact) mass is 470 g/mol. The van der Waals surface area contributed by atoms with Gasteiger partial charge in [0, 0.05) is 0 Å². The predicted octanol–water partition coefficient (Wildman–Crippen LogP) is 3.25. The minimum Gasteiger partial charge on any atom is -0.461 e. The van der Waals surface area contributed by atoms with Gasteiger partial charge in [-0.3, -0.25) is 4.79 Å². The zero-order valence-electron chi connectivity index (χ0n) is 16.8. The molecule has 0 fully saturated rings. The van der Waals surface area contributed by atoms with E-state index in [1.54, 1.807) is 0 Å². The molecule has 0 spiro atoms. The molecule has 0 atom stereocenters. The molecule has 32 heavy (non-hydrogen) atoms. The van der Waals surface area contributed by atoms with Gasteiger partial charge in [-0.1, -0.05) is 13.0 Å². The summed E-state index contributed by atoms with van der Waals surface area (Å²) in [6.07, 6.45) is -4.88. The van der Waals surface area contributed by atoms with E-state index in [4.69, 9.17) is 4.74 Å². The van der Waals surface area contributed by atoms with Gasteiger partial charge in [0.15, 0.2) is 9.84 Å². The first kappa shape index (κ1) is 23.3. The van der Waals surface area contributed by atoms with Gasteiger partial charge in [0.1, 0.15) is 5.75 Å². The van der Waals surface area contributed by atoms with E-state index >= 15 is 0 Å². The summed E-state index contributed by atoms with van der Waals surface area (Å²) in [4.78, 5) is 25.1. The van der Waals surface area contributed by atoms with Crippen molar-refractivity contribution in [1.29, 1.82) is 0 Å². The maximum Gasteiger partial charge on any atom is 0.573 e. The highest BCUT2D eigenvalue weighted by Crippen LogP contribution is 2.26. The molecule has 0 unspecified atom stereocenters. The van der Waals surface area contributed by atoms with Crippen LogP contribution in [-0.2, 0) is 14.6 Å². The zero-order valence-corrected chi connectivity index (χ0v) is 17.7. The molecule has 0 saturated heterocycles. The summed E-state index contributed by atoms with van der Waals surface area (Å²) < 4.78 is 72.3. The van der Waals surface area contributed by atoms with Crippen molar-refractivity contribution >= 4 is 26.7 Å². The number of hydrogen-bond acceptors (Lipinski definition) is 7. The Morgan fingerprint density at radius 3 is 2.31 bits per heavy atom. The molecule has 0 radical (unpaired) electrons. The lowest BCUT2D eigenvalue weighted by atomic mass is 10.2. The van der Waals surface area contributed by atoms with Crippen molar-refractivity contribution in [2.45, 2.75) is 25.1 Å². The Morgan fingerprint density at radius 2 is 1.75 bits per heavy atom. The fourth-order valence-electron chi connectivity index (χ4n) is 2.98. The third-order valence-electron chi connectivity index (χ3n) is 4.37. The van der Waals surface area contributed by atoms with E-state index in [1.807, 2.05) is 0 Å². The molecule has 0 bridgehead atoms. The first-order valence-corrected chi connectivity index (χ1v) is 11.0.